The number of nitrogens with zero attached hydrogens (tertiary/aromatic N) is 3. The van der Waals surface area contributed by atoms with Crippen molar-refractivity contribution in [3.8, 4) is 0 Å². The van der Waals surface area contributed by atoms with E-state index in [4.69, 9.17) is 0 Å². The van der Waals surface area contributed by atoms with Crippen LogP contribution in [0, 0.1) is 0 Å². The van der Waals surface area contributed by atoms with E-state index in [0.29, 0.717) is 18.9 Å². The maximum atomic E-state index is 12.4. The fraction of sp³-hybridized carbons (Fsp3) is 0.529. The van der Waals surface area contributed by atoms with Gasteiger partial charge in [0, 0.05) is 17.0 Å². The molecule has 7 heteroatoms. The van der Waals surface area contributed by atoms with Gasteiger partial charge in [0.2, 0.25) is 5.91 Å². The van der Waals surface area contributed by atoms with Crippen molar-refractivity contribution >= 4 is 23.1 Å². The highest BCUT2D eigenvalue weighted by atomic mass is 32.1. The molecule has 0 radical (unpaired) electrons. The highest BCUT2D eigenvalue weighted by Gasteiger charge is 2.36. The summed E-state index contributed by atoms with van der Waals surface area (Å²) in [5.41, 5.74) is -0.794. The number of thiophene rings is 1. The molecule has 1 unspecified atom stereocenters. The van der Waals surface area contributed by atoms with Gasteiger partial charge in [-0.15, -0.1) is 11.3 Å². The van der Waals surface area contributed by atoms with E-state index in [1.807, 2.05) is 31.4 Å². The zero-order chi connectivity index (χ0) is 17.2. The molecule has 1 aliphatic heterocycles. The molecule has 3 heterocycles. The van der Waals surface area contributed by atoms with Crippen LogP contribution in [0.1, 0.15) is 31.6 Å². The summed E-state index contributed by atoms with van der Waals surface area (Å²) in [6.07, 6.45) is 3.63. The molecule has 0 spiro atoms. The summed E-state index contributed by atoms with van der Waals surface area (Å²) in [5.74, 6) is 0.631. The summed E-state index contributed by atoms with van der Waals surface area (Å²) < 4.78 is 1.79. The second kappa shape index (κ2) is 7.04. The van der Waals surface area contributed by atoms with Gasteiger partial charge in [0.05, 0.1) is 24.9 Å². The Morgan fingerprint density at radius 1 is 1.50 bits per heavy atom. The van der Waals surface area contributed by atoms with Crippen molar-refractivity contribution in [1.82, 2.24) is 14.7 Å². The van der Waals surface area contributed by atoms with E-state index < -0.39 is 5.60 Å². The Bertz CT molecular complexity index is 675. The zero-order valence-electron chi connectivity index (χ0n) is 14.1. The molecule has 130 valence electrons. The molecule has 3 rings (SSSR count). The van der Waals surface area contributed by atoms with Crippen LogP contribution in [0.5, 0.6) is 0 Å². The van der Waals surface area contributed by atoms with E-state index in [9.17, 15) is 9.90 Å². The van der Waals surface area contributed by atoms with Crippen LogP contribution < -0.4 is 5.32 Å². The normalized spacial score (nSPS) is 18.9. The van der Waals surface area contributed by atoms with Gasteiger partial charge in [-0.05, 0) is 44.7 Å². The lowest BCUT2D eigenvalue weighted by Crippen LogP contribution is -2.48. The highest BCUT2D eigenvalue weighted by Crippen LogP contribution is 2.26. The number of aromatic nitrogens is 2. The van der Waals surface area contributed by atoms with Crippen molar-refractivity contribution in [3.05, 3.63) is 34.7 Å². The van der Waals surface area contributed by atoms with Gasteiger partial charge in [0.15, 0.2) is 0 Å². The van der Waals surface area contributed by atoms with Crippen LogP contribution in [-0.4, -0.2) is 50.4 Å². The van der Waals surface area contributed by atoms with Crippen molar-refractivity contribution in [3.63, 3.8) is 0 Å². The lowest BCUT2D eigenvalue weighted by molar-refractivity contribution is -0.118. The van der Waals surface area contributed by atoms with E-state index in [-0.39, 0.29) is 11.9 Å². The van der Waals surface area contributed by atoms with Crippen LogP contribution in [0.3, 0.4) is 0 Å². The van der Waals surface area contributed by atoms with Gasteiger partial charge in [-0.2, -0.15) is 5.10 Å². The smallest absolute Gasteiger partial charge is 0.239 e. The van der Waals surface area contributed by atoms with Crippen LogP contribution in [0.2, 0.25) is 0 Å². The second-order valence-electron chi connectivity index (χ2n) is 6.78. The van der Waals surface area contributed by atoms with Crippen LogP contribution in [0.25, 0.3) is 0 Å². The Hall–Kier alpha value is -1.70. The predicted molar refractivity (Wildman–Crippen MR) is 95.2 cm³/mol. The SMILES string of the molecule is CC(C)(O)C1CCCN1CC(=O)Nc1ccnn1Cc1cccs1. The van der Waals surface area contributed by atoms with E-state index in [1.165, 1.54) is 4.88 Å². The molecule has 1 aliphatic rings. The highest BCUT2D eigenvalue weighted by molar-refractivity contribution is 7.09. The summed E-state index contributed by atoms with van der Waals surface area (Å²) in [5, 5.41) is 19.5. The fourth-order valence-electron chi connectivity index (χ4n) is 3.30. The second-order valence-corrected chi connectivity index (χ2v) is 7.82. The maximum absolute atomic E-state index is 12.4. The first-order chi connectivity index (χ1) is 11.4. The molecule has 2 N–H and O–H groups in total. The number of carbonyl (C=O) groups is 1. The van der Waals surface area contributed by atoms with E-state index in [1.54, 1.807) is 22.2 Å². The molecule has 1 amide bonds. The minimum Gasteiger partial charge on any atom is -0.389 e. The van der Waals surface area contributed by atoms with Gasteiger partial charge < -0.3 is 10.4 Å². The third kappa shape index (κ3) is 4.03. The number of rotatable bonds is 6. The molecule has 2 aromatic heterocycles. The molecular weight excluding hydrogens is 324 g/mol. The standard InChI is InChI=1S/C17H24N4O2S/c1-17(2,23)14-6-3-9-20(14)12-16(22)19-15-7-8-18-21(15)11-13-5-4-10-24-13/h4-5,7-8,10,14,23H,3,6,9,11-12H2,1-2H3,(H,19,22). The Balaban J connectivity index is 1.60. The van der Waals surface area contributed by atoms with Crippen LogP contribution in [-0.2, 0) is 11.3 Å². The fourth-order valence-corrected chi connectivity index (χ4v) is 3.98. The minimum atomic E-state index is -0.794. The largest absolute Gasteiger partial charge is 0.389 e. The number of anilines is 1. The first-order valence-electron chi connectivity index (χ1n) is 8.24. The van der Waals surface area contributed by atoms with Gasteiger partial charge >= 0.3 is 0 Å². The van der Waals surface area contributed by atoms with Crippen LogP contribution >= 0.6 is 11.3 Å². The van der Waals surface area contributed by atoms with E-state index >= 15 is 0 Å². The summed E-state index contributed by atoms with van der Waals surface area (Å²) >= 11 is 1.67. The lowest BCUT2D eigenvalue weighted by Gasteiger charge is -2.33. The quantitative estimate of drug-likeness (QED) is 0.839. The summed E-state index contributed by atoms with van der Waals surface area (Å²) in [6.45, 7) is 5.40. The molecule has 0 bridgehead atoms. The summed E-state index contributed by atoms with van der Waals surface area (Å²) in [4.78, 5) is 15.7. The Morgan fingerprint density at radius 2 is 2.33 bits per heavy atom. The number of nitrogens with one attached hydrogen (secondary N) is 1. The first kappa shape index (κ1) is 17.1. The van der Waals surface area contributed by atoms with Crippen molar-refractivity contribution in [2.45, 2.75) is 44.9 Å². The van der Waals surface area contributed by atoms with Gasteiger partial charge in [-0.25, -0.2) is 4.68 Å². The van der Waals surface area contributed by atoms with Gasteiger partial charge in [0.25, 0.3) is 0 Å². The average molecular weight is 348 g/mol. The van der Waals surface area contributed by atoms with Crippen molar-refractivity contribution in [1.29, 1.82) is 0 Å². The average Bonchev–Trinajstić information content (AvgIpc) is 3.21. The Kier molecular flexibility index (Phi) is 5.03. The zero-order valence-corrected chi connectivity index (χ0v) is 14.9. The monoisotopic (exact) mass is 348 g/mol. The topological polar surface area (TPSA) is 70.4 Å². The first-order valence-corrected chi connectivity index (χ1v) is 9.12. The Morgan fingerprint density at radius 3 is 3.04 bits per heavy atom. The van der Waals surface area contributed by atoms with Gasteiger partial charge in [-0.3, -0.25) is 9.69 Å². The molecule has 1 fully saturated rings. The van der Waals surface area contributed by atoms with E-state index in [2.05, 4.69) is 21.4 Å². The number of carbonyl (C=O) groups excluding carboxylic acids is 1. The van der Waals surface area contributed by atoms with Gasteiger partial charge in [-0.1, -0.05) is 6.07 Å². The number of hydrogen-bond donors (Lipinski definition) is 2. The van der Waals surface area contributed by atoms with Crippen LogP contribution in [0.4, 0.5) is 5.82 Å². The molecule has 2 aromatic rings. The van der Waals surface area contributed by atoms with Gasteiger partial charge in [0.1, 0.15) is 5.82 Å². The lowest BCUT2D eigenvalue weighted by atomic mass is 9.97. The molecule has 1 atom stereocenters. The third-order valence-electron chi connectivity index (χ3n) is 4.40. The number of likely N-dealkylation sites (tertiary alicyclic amines) is 1. The summed E-state index contributed by atoms with van der Waals surface area (Å²) in [6, 6.07) is 5.89. The molecule has 1 saturated heterocycles. The van der Waals surface area contributed by atoms with E-state index in [0.717, 1.165) is 19.4 Å². The number of amides is 1. The molecule has 0 aromatic carbocycles. The Labute approximate surface area is 146 Å². The maximum Gasteiger partial charge on any atom is 0.239 e. The molecule has 0 aliphatic carbocycles. The number of hydrogen-bond acceptors (Lipinski definition) is 5. The van der Waals surface area contributed by atoms with Crippen molar-refractivity contribution in [2.24, 2.45) is 0 Å². The third-order valence-corrected chi connectivity index (χ3v) is 5.26. The van der Waals surface area contributed by atoms with Crippen molar-refractivity contribution < 1.29 is 9.90 Å². The minimum absolute atomic E-state index is 0.0271. The molecular formula is C17H24N4O2S. The molecule has 6 nitrogen and oxygen atoms in total. The van der Waals surface area contributed by atoms with Crippen molar-refractivity contribution in [2.75, 3.05) is 18.4 Å². The predicted octanol–water partition coefficient (Wildman–Crippen LogP) is 2.17. The number of aliphatic hydroxyl groups is 1. The molecule has 0 saturated carbocycles. The molecule has 24 heavy (non-hydrogen) atoms. The summed E-state index contributed by atoms with van der Waals surface area (Å²) in [7, 11) is 0. The van der Waals surface area contributed by atoms with Crippen LogP contribution in [0.15, 0.2) is 29.8 Å².